The molecule has 0 fully saturated rings. The van der Waals surface area contributed by atoms with Crippen molar-refractivity contribution in [1.29, 1.82) is 0 Å². The zero-order valence-electron chi connectivity index (χ0n) is 18.3. The smallest absolute Gasteiger partial charge is 0.290 e. The molecule has 0 spiro atoms. The van der Waals surface area contributed by atoms with Gasteiger partial charge >= 0.3 is 0 Å². The molecule has 1 atom stereocenters. The Kier molecular flexibility index (Phi) is 6.73. The van der Waals surface area contributed by atoms with Gasteiger partial charge in [-0.05, 0) is 55.3 Å². The fourth-order valence-corrected chi connectivity index (χ4v) is 3.90. The van der Waals surface area contributed by atoms with Crippen LogP contribution in [-0.2, 0) is 16.1 Å². The summed E-state index contributed by atoms with van der Waals surface area (Å²) in [6, 6.07) is 9.94. The van der Waals surface area contributed by atoms with E-state index in [2.05, 4.69) is 4.98 Å². The second-order valence-corrected chi connectivity index (χ2v) is 7.54. The van der Waals surface area contributed by atoms with Crippen LogP contribution in [0.1, 0.15) is 30.7 Å². The highest BCUT2D eigenvalue weighted by Crippen LogP contribution is 2.39. The van der Waals surface area contributed by atoms with E-state index in [9.17, 15) is 14.7 Å². The van der Waals surface area contributed by atoms with Crippen LogP contribution >= 0.6 is 0 Å². The Balaban J connectivity index is 1.64. The number of aliphatic hydroxyl groups excluding tert-OH is 1. The molecular formula is C25H25N3O5. The van der Waals surface area contributed by atoms with E-state index < -0.39 is 23.5 Å². The van der Waals surface area contributed by atoms with Crippen molar-refractivity contribution < 1.29 is 23.8 Å². The fourth-order valence-electron chi connectivity index (χ4n) is 3.90. The van der Waals surface area contributed by atoms with E-state index in [4.69, 9.17) is 9.15 Å². The number of carbonyl (C=O) groups excluding carboxylic acids is 2. The maximum Gasteiger partial charge on any atom is 0.290 e. The van der Waals surface area contributed by atoms with Crippen LogP contribution in [0, 0.1) is 0 Å². The van der Waals surface area contributed by atoms with Gasteiger partial charge in [0.05, 0.1) is 30.8 Å². The third kappa shape index (κ3) is 4.90. The third-order valence-electron chi connectivity index (χ3n) is 5.37. The van der Waals surface area contributed by atoms with E-state index >= 15 is 0 Å². The first-order valence-corrected chi connectivity index (χ1v) is 10.8. The van der Waals surface area contributed by atoms with Crippen molar-refractivity contribution in [2.75, 3.05) is 13.2 Å². The fraction of sp³-hybridized carbons (Fsp3) is 0.240. The summed E-state index contributed by atoms with van der Waals surface area (Å²) in [5.41, 5.74) is 0.731. The molecular weight excluding hydrogens is 422 g/mol. The van der Waals surface area contributed by atoms with Crippen LogP contribution in [0.5, 0.6) is 5.75 Å². The summed E-state index contributed by atoms with van der Waals surface area (Å²) >= 11 is 0. The highest BCUT2D eigenvalue weighted by Gasteiger charge is 2.42. The predicted molar refractivity (Wildman–Crippen MR) is 121 cm³/mol. The Bertz CT molecular complexity index is 1160. The number of benzene rings is 1. The highest BCUT2D eigenvalue weighted by atomic mass is 16.5. The molecule has 3 aromatic rings. The van der Waals surface area contributed by atoms with Crippen molar-refractivity contribution in [3.8, 4) is 5.75 Å². The quantitative estimate of drug-likeness (QED) is 0.473. The topological polar surface area (TPSA) is 97.8 Å². The molecule has 1 amide bonds. The molecule has 0 bridgehead atoms. The number of imidazole rings is 1. The molecule has 170 valence electrons. The Morgan fingerprint density at radius 3 is 2.88 bits per heavy atom. The number of nitrogens with zero attached hydrogens (tertiary/aromatic N) is 3. The van der Waals surface area contributed by atoms with Gasteiger partial charge in [-0.1, -0.05) is 12.1 Å². The maximum absolute atomic E-state index is 13.1. The standard InChI is InChI=1S/C25H25N3O5/c1-2-32-20-7-3-6-18(16-20)23-22(21(29)10-9-19-8-4-15-33-19)24(30)25(31)28(23)13-5-12-27-14-11-26-17-27/h3-4,6-11,14-17,23,30H,2,5,12-13H2,1H3/b10-9+. The SMILES string of the molecule is CCOc1cccc(C2C(C(=O)/C=C/c3ccco3)=C(O)C(=O)N2CCCn2ccnc2)c1. The first-order valence-electron chi connectivity index (χ1n) is 10.8. The number of aromatic nitrogens is 2. The first kappa shape index (κ1) is 22.1. The predicted octanol–water partition coefficient (Wildman–Crippen LogP) is 3.94. The third-order valence-corrected chi connectivity index (χ3v) is 5.37. The lowest BCUT2D eigenvalue weighted by molar-refractivity contribution is -0.129. The van der Waals surface area contributed by atoms with Crippen LogP contribution in [0.25, 0.3) is 6.08 Å². The molecule has 0 saturated carbocycles. The van der Waals surface area contributed by atoms with Gasteiger partial charge in [-0.15, -0.1) is 0 Å². The van der Waals surface area contributed by atoms with Crippen molar-refractivity contribution in [2.24, 2.45) is 0 Å². The van der Waals surface area contributed by atoms with Crippen LogP contribution in [0.15, 0.2) is 83.2 Å². The minimum Gasteiger partial charge on any atom is -0.503 e. The lowest BCUT2D eigenvalue weighted by Crippen LogP contribution is -2.32. The number of allylic oxidation sites excluding steroid dienone is 1. The molecule has 1 N–H and O–H groups in total. The number of hydrogen-bond donors (Lipinski definition) is 1. The molecule has 0 aliphatic carbocycles. The second-order valence-electron chi connectivity index (χ2n) is 7.54. The number of rotatable bonds is 10. The van der Waals surface area contributed by atoms with Gasteiger partial charge in [0.25, 0.3) is 5.91 Å². The molecule has 4 rings (SSSR count). The second kappa shape index (κ2) is 10.0. The number of carbonyl (C=O) groups is 2. The summed E-state index contributed by atoms with van der Waals surface area (Å²) in [7, 11) is 0. The van der Waals surface area contributed by atoms with Gasteiger partial charge < -0.3 is 23.7 Å². The van der Waals surface area contributed by atoms with Crippen molar-refractivity contribution in [3.05, 3.63) is 90.1 Å². The minimum absolute atomic E-state index is 0.0408. The molecule has 0 radical (unpaired) electrons. The number of ether oxygens (including phenoxy) is 1. The van der Waals surface area contributed by atoms with Crippen LogP contribution in [0.2, 0.25) is 0 Å². The van der Waals surface area contributed by atoms with Gasteiger partial charge in [-0.3, -0.25) is 9.59 Å². The van der Waals surface area contributed by atoms with E-state index in [0.29, 0.717) is 43.2 Å². The van der Waals surface area contributed by atoms with E-state index in [0.717, 1.165) is 0 Å². The summed E-state index contributed by atoms with van der Waals surface area (Å²) in [4.78, 5) is 31.7. The van der Waals surface area contributed by atoms with Crippen molar-refractivity contribution in [3.63, 3.8) is 0 Å². The van der Waals surface area contributed by atoms with Crippen LogP contribution in [0.3, 0.4) is 0 Å². The first-order chi connectivity index (χ1) is 16.1. The molecule has 1 unspecified atom stereocenters. The maximum atomic E-state index is 13.1. The largest absolute Gasteiger partial charge is 0.503 e. The van der Waals surface area contributed by atoms with Gasteiger partial charge in [0.15, 0.2) is 11.5 Å². The van der Waals surface area contributed by atoms with Gasteiger partial charge in [0, 0.05) is 25.5 Å². The van der Waals surface area contributed by atoms with E-state index in [-0.39, 0.29) is 5.57 Å². The number of aryl methyl sites for hydroxylation is 1. The number of hydrogen-bond acceptors (Lipinski definition) is 6. The van der Waals surface area contributed by atoms with Crippen LogP contribution < -0.4 is 4.74 Å². The molecule has 0 saturated heterocycles. The van der Waals surface area contributed by atoms with E-state index in [1.807, 2.05) is 35.9 Å². The molecule has 8 heteroatoms. The molecule has 1 aliphatic heterocycles. The molecule has 8 nitrogen and oxygen atoms in total. The average molecular weight is 447 g/mol. The highest BCUT2D eigenvalue weighted by molar-refractivity contribution is 6.14. The van der Waals surface area contributed by atoms with Crippen molar-refractivity contribution in [2.45, 2.75) is 25.9 Å². The van der Waals surface area contributed by atoms with Gasteiger partial charge in [-0.25, -0.2) is 4.98 Å². The van der Waals surface area contributed by atoms with Gasteiger partial charge in [0.2, 0.25) is 0 Å². The van der Waals surface area contributed by atoms with Crippen LogP contribution in [-0.4, -0.2) is 44.4 Å². The molecule has 33 heavy (non-hydrogen) atoms. The summed E-state index contributed by atoms with van der Waals surface area (Å²) in [6.45, 7) is 3.37. The zero-order chi connectivity index (χ0) is 23.2. The summed E-state index contributed by atoms with van der Waals surface area (Å²) in [6.07, 6.45) is 10.2. The Hall–Kier alpha value is -4.07. The van der Waals surface area contributed by atoms with Crippen molar-refractivity contribution >= 4 is 17.8 Å². The monoisotopic (exact) mass is 447 g/mol. The van der Waals surface area contributed by atoms with Crippen molar-refractivity contribution in [1.82, 2.24) is 14.5 Å². The van der Waals surface area contributed by atoms with Gasteiger partial charge in [-0.2, -0.15) is 0 Å². The van der Waals surface area contributed by atoms with Crippen LogP contribution in [0.4, 0.5) is 0 Å². The number of aliphatic hydroxyl groups is 1. The summed E-state index contributed by atoms with van der Waals surface area (Å²) < 4.78 is 12.8. The molecule has 1 aromatic carbocycles. The zero-order valence-corrected chi connectivity index (χ0v) is 18.3. The Morgan fingerprint density at radius 2 is 2.15 bits per heavy atom. The Morgan fingerprint density at radius 1 is 1.27 bits per heavy atom. The normalized spacial score (nSPS) is 16.2. The summed E-state index contributed by atoms with van der Waals surface area (Å²) in [5.74, 6) is -0.424. The Labute approximate surface area is 191 Å². The molecule has 2 aromatic heterocycles. The minimum atomic E-state index is -0.727. The average Bonchev–Trinajstić information content (AvgIpc) is 3.57. The van der Waals surface area contributed by atoms with E-state index in [1.54, 1.807) is 30.7 Å². The number of ketones is 1. The summed E-state index contributed by atoms with van der Waals surface area (Å²) in [5, 5.41) is 10.7. The number of furan rings is 1. The molecule has 1 aliphatic rings. The van der Waals surface area contributed by atoms with E-state index in [1.165, 1.54) is 23.3 Å². The lowest BCUT2D eigenvalue weighted by atomic mass is 9.95. The number of amides is 1. The van der Waals surface area contributed by atoms with Gasteiger partial charge in [0.1, 0.15) is 11.5 Å². The molecule has 3 heterocycles. The lowest BCUT2D eigenvalue weighted by Gasteiger charge is -2.27.